The van der Waals surface area contributed by atoms with Crippen LogP contribution in [0.15, 0.2) is 23.8 Å². The van der Waals surface area contributed by atoms with Crippen LogP contribution in [0.4, 0.5) is 0 Å². The SMILES string of the molecule is C=C(CCC(C)C1CCC2C3=CC(=O)C4(O)CC(O)CCC4(C)C3CCC21C)C(C)C. The van der Waals surface area contributed by atoms with E-state index in [1.807, 2.05) is 6.08 Å². The van der Waals surface area contributed by atoms with Crippen molar-refractivity contribution in [2.24, 2.45) is 40.4 Å². The van der Waals surface area contributed by atoms with E-state index in [0.29, 0.717) is 30.1 Å². The highest BCUT2D eigenvalue weighted by atomic mass is 16.3. The fourth-order valence-electron chi connectivity index (χ4n) is 8.23. The third-order valence-corrected chi connectivity index (χ3v) is 10.6. The number of fused-ring (bicyclic) bond motifs is 5. The van der Waals surface area contributed by atoms with Crippen LogP contribution in [0.5, 0.6) is 0 Å². The molecule has 4 rings (SSSR count). The Labute approximate surface area is 189 Å². The molecule has 8 unspecified atom stereocenters. The number of hydrogen-bond donors (Lipinski definition) is 2. The zero-order valence-electron chi connectivity index (χ0n) is 20.4. The molecule has 0 aromatic rings. The summed E-state index contributed by atoms with van der Waals surface area (Å²) in [5, 5.41) is 21.7. The third-order valence-electron chi connectivity index (χ3n) is 10.6. The van der Waals surface area contributed by atoms with Crippen LogP contribution in [0.1, 0.15) is 92.4 Å². The van der Waals surface area contributed by atoms with Gasteiger partial charge in [-0.3, -0.25) is 4.79 Å². The summed E-state index contributed by atoms with van der Waals surface area (Å²) < 4.78 is 0. The summed E-state index contributed by atoms with van der Waals surface area (Å²) in [4.78, 5) is 13.3. The Morgan fingerprint density at radius 3 is 2.52 bits per heavy atom. The molecule has 174 valence electrons. The van der Waals surface area contributed by atoms with E-state index in [1.165, 1.54) is 36.8 Å². The topological polar surface area (TPSA) is 57.5 Å². The molecule has 0 radical (unpaired) electrons. The Morgan fingerprint density at radius 2 is 1.84 bits per heavy atom. The quantitative estimate of drug-likeness (QED) is 0.540. The minimum absolute atomic E-state index is 0.144. The van der Waals surface area contributed by atoms with Crippen molar-refractivity contribution in [1.29, 1.82) is 0 Å². The Hall–Kier alpha value is -0.930. The van der Waals surface area contributed by atoms with Gasteiger partial charge < -0.3 is 10.2 Å². The van der Waals surface area contributed by atoms with Crippen molar-refractivity contribution < 1.29 is 15.0 Å². The second-order valence-corrected chi connectivity index (χ2v) is 12.3. The van der Waals surface area contributed by atoms with Gasteiger partial charge in [0, 0.05) is 11.8 Å². The van der Waals surface area contributed by atoms with Crippen LogP contribution >= 0.6 is 0 Å². The minimum Gasteiger partial charge on any atom is -0.393 e. The molecule has 0 amide bonds. The Morgan fingerprint density at radius 1 is 1.13 bits per heavy atom. The summed E-state index contributed by atoms with van der Waals surface area (Å²) in [6.45, 7) is 15.8. The molecule has 0 spiro atoms. The van der Waals surface area contributed by atoms with Crippen molar-refractivity contribution >= 4 is 5.78 Å². The predicted molar refractivity (Wildman–Crippen MR) is 125 cm³/mol. The van der Waals surface area contributed by atoms with E-state index in [0.717, 1.165) is 19.3 Å². The summed E-state index contributed by atoms with van der Waals surface area (Å²) in [6, 6.07) is 0. The molecule has 0 heterocycles. The largest absolute Gasteiger partial charge is 0.393 e. The van der Waals surface area contributed by atoms with Gasteiger partial charge in [0.1, 0.15) is 5.60 Å². The number of ketones is 1. The summed E-state index contributed by atoms with van der Waals surface area (Å²) >= 11 is 0. The molecule has 8 atom stereocenters. The van der Waals surface area contributed by atoms with Gasteiger partial charge in [-0.25, -0.2) is 0 Å². The van der Waals surface area contributed by atoms with Crippen LogP contribution in [0.2, 0.25) is 0 Å². The normalized spacial score (nSPS) is 45.5. The average molecular weight is 429 g/mol. The maximum atomic E-state index is 13.3. The molecule has 3 heteroatoms. The Kier molecular flexibility index (Phi) is 5.87. The van der Waals surface area contributed by atoms with Crippen molar-refractivity contribution in [1.82, 2.24) is 0 Å². The molecule has 0 aliphatic heterocycles. The van der Waals surface area contributed by atoms with E-state index in [9.17, 15) is 15.0 Å². The first-order valence-corrected chi connectivity index (χ1v) is 12.8. The molecule has 4 aliphatic carbocycles. The van der Waals surface area contributed by atoms with Crippen LogP contribution in [0.25, 0.3) is 0 Å². The molecular formula is C28H44O3. The molecule has 0 saturated heterocycles. The zero-order valence-corrected chi connectivity index (χ0v) is 20.4. The smallest absolute Gasteiger partial charge is 0.187 e. The van der Waals surface area contributed by atoms with Crippen molar-refractivity contribution in [3.8, 4) is 0 Å². The van der Waals surface area contributed by atoms with Gasteiger partial charge in [-0.15, -0.1) is 0 Å². The number of carbonyl (C=O) groups excluding carboxylic acids is 1. The number of hydrogen-bond acceptors (Lipinski definition) is 3. The second-order valence-electron chi connectivity index (χ2n) is 12.3. The highest BCUT2D eigenvalue weighted by Crippen LogP contribution is 2.67. The summed E-state index contributed by atoms with van der Waals surface area (Å²) in [7, 11) is 0. The number of aliphatic hydroxyl groups is 2. The first-order valence-electron chi connectivity index (χ1n) is 12.8. The molecule has 3 saturated carbocycles. The maximum absolute atomic E-state index is 13.3. The van der Waals surface area contributed by atoms with Gasteiger partial charge in [0.05, 0.1) is 6.10 Å². The van der Waals surface area contributed by atoms with Crippen LogP contribution < -0.4 is 0 Å². The Balaban J connectivity index is 1.58. The molecular weight excluding hydrogens is 384 g/mol. The van der Waals surface area contributed by atoms with Crippen LogP contribution in [-0.2, 0) is 4.79 Å². The van der Waals surface area contributed by atoms with Crippen LogP contribution in [0, 0.1) is 40.4 Å². The van der Waals surface area contributed by atoms with E-state index in [4.69, 9.17) is 0 Å². The molecule has 0 aromatic carbocycles. The van der Waals surface area contributed by atoms with E-state index in [-0.39, 0.29) is 23.5 Å². The van der Waals surface area contributed by atoms with Gasteiger partial charge >= 0.3 is 0 Å². The molecule has 3 nitrogen and oxygen atoms in total. The molecule has 31 heavy (non-hydrogen) atoms. The molecule has 2 N–H and O–H groups in total. The van der Waals surface area contributed by atoms with Gasteiger partial charge in [0.25, 0.3) is 0 Å². The number of rotatable bonds is 5. The first-order chi connectivity index (χ1) is 14.4. The van der Waals surface area contributed by atoms with Crippen molar-refractivity contribution in [3.05, 3.63) is 23.8 Å². The lowest BCUT2D eigenvalue weighted by Gasteiger charge is -2.60. The first kappa shape index (κ1) is 23.2. The average Bonchev–Trinajstić information content (AvgIpc) is 3.05. The number of allylic oxidation sites excluding steroid dienone is 2. The van der Waals surface area contributed by atoms with E-state index < -0.39 is 17.1 Å². The predicted octanol–water partition coefficient (Wildman–Crippen LogP) is 5.85. The number of aliphatic hydroxyl groups excluding tert-OH is 1. The Bertz CT molecular complexity index is 781. The van der Waals surface area contributed by atoms with Crippen molar-refractivity contribution in [2.75, 3.05) is 0 Å². The number of carbonyl (C=O) groups is 1. The van der Waals surface area contributed by atoms with Crippen LogP contribution in [-0.4, -0.2) is 27.7 Å². The van der Waals surface area contributed by atoms with Gasteiger partial charge in [0.15, 0.2) is 5.78 Å². The summed E-state index contributed by atoms with van der Waals surface area (Å²) in [5.41, 5.74) is 1.12. The van der Waals surface area contributed by atoms with E-state index in [1.54, 1.807) is 0 Å². The van der Waals surface area contributed by atoms with E-state index in [2.05, 4.69) is 41.2 Å². The van der Waals surface area contributed by atoms with Crippen molar-refractivity contribution in [3.63, 3.8) is 0 Å². The lowest BCUT2D eigenvalue weighted by Crippen LogP contribution is -2.64. The monoisotopic (exact) mass is 428 g/mol. The zero-order chi connectivity index (χ0) is 22.8. The molecule has 0 aromatic heterocycles. The van der Waals surface area contributed by atoms with Gasteiger partial charge in [-0.1, -0.05) is 52.3 Å². The third kappa shape index (κ3) is 3.41. The summed E-state index contributed by atoms with van der Waals surface area (Å²) in [5.74, 6) is 2.51. The second kappa shape index (κ2) is 7.83. The lowest BCUT2D eigenvalue weighted by molar-refractivity contribution is -0.180. The van der Waals surface area contributed by atoms with Gasteiger partial charge in [-0.2, -0.15) is 0 Å². The van der Waals surface area contributed by atoms with Crippen LogP contribution in [0.3, 0.4) is 0 Å². The van der Waals surface area contributed by atoms with Gasteiger partial charge in [-0.05, 0) is 92.4 Å². The lowest BCUT2D eigenvalue weighted by atomic mass is 9.46. The standard InChI is InChI=1S/C28H44O3/c1-17(2)18(3)7-8-19(4)22-9-10-23-21-15-25(30)28(31)16-20(29)11-14-27(28,6)24(21)12-13-26(22,23)5/h15,17,19-20,22-24,29,31H,3,7-14,16H2,1-2,4-6H3. The summed E-state index contributed by atoms with van der Waals surface area (Å²) in [6.07, 6.45) is 9.88. The molecule has 3 fully saturated rings. The highest BCUT2D eigenvalue weighted by Gasteiger charge is 2.65. The van der Waals surface area contributed by atoms with Gasteiger partial charge in [0.2, 0.25) is 0 Å². The van der Waals surface area contributed by atoms with Crippen molar-refractivity contribution in [2.45, 2.75) is 104 Å². The molecule has 0 bridgehead atoms. The molecule has 4 aliphatic rings. The fraction of sp³-hybridized carbons (Fsp3) is 0.821. The fourth-order valence-corrected chi connectivity index (χ4v) is 8.23. The van der Waals surface area contributed by atoms with E-state index >= 15 is 0 Å². The maximum Gasteiger partial charge on any atom is 0.187 e. The highest BCUT2D eigenvalue weighted by molar-refractivity contribution is 5.99. The minimum atomic E-state index is -1.39.